The van der Waals surface area contributed by atoms with Crippen LogP contribution in [0.4, 0.5) is 5.82 Å². The van der Waals surface area contributed by atoms with Crippen LogP contribution in [-0.4, -0.2) is 39.5 Å². The quantitative estimate of drug-likeness (QED) is 0.748. The first kappa shape index (κ1) is 14.2. The van der Waals surface area contributed by atoms with E-state index < -0.39 is 5.97 Å². The zero-order chi connectivity index (χ0) is 13.5. The van der Waals surface area contributed by atoms with E-state index >= 15 is 0 Å². The summed E-state index contributed by atoms with van der Waals surface area (Å²) in [5, 5.41) is 15.0. The molecule has 100 valence electrons. The summed E-state index contributed by atoms with van der Waals surface area (Å²) in [5.41, 5.74) is 0. The van der Waals surface area contributed by atoms with Crippen molar-refractivity contribution in [1.82, 2.24) is 9.78 Å². The van der Waals surface area contributed by atoms with Gasteiger partial charge in [-0.3, -0.25) is 14.3 Å². The maximum absolute atomic E-state index is 11.5. The summed E-state index contributed by atoms with van der Waals surface area (Å²) in [7, 11) is 0. The summed E-state index contributed by atoms with van der Waals surface area (Å²) < 4.78 is 6.49. The van der Waals surface area contributed by atoms with Crippen LogP contribution in [0.15, 0.2) is 12.3 Å². The van der Waals surface area contributed by atoms with Gasteiger partial charge in [-0.15, -0.1) is 0 Å². The molecule has 0 fully saturated rings. The van der Waals surface area contributed by atoms with Crippen LogP contribution in [0.1, 0.15) is 20.3 Å². The Labute approximate surface area is 105 Å². The number of carbonyl (C=O) groups is 2. The standard InChI is InChI=1S/C11H17N3O4/c1-3-8(2)18-7-10(15)12-9-4-5-14(13-9)6-11(16)17/h4-5,8H,3,6-7H2,1-2H3,(H,16,17)(H,12,13,15). The van der Waals surface area contributed by atoms with Crippen molar-refractivity contribution in [2.24, 2.45) is 0 Å². The molecule has 7 nitrogen and oxygen atoms in total. The van der Waals surface area contributed by atoms with E-state index in [4.69, 9.17) is 9.84 Å². The van der Waals surface area contributed by atoms with E-state index in [1.165, 1.54) is 16.9 Å². The molecule has 1 aromatic rings. The van der Waals surface area contributed by atoms with Crippen molar-refractivity contribution in [1.29, 1.82) is 0 Å². The third-order valence-corrected chi connectivity index (χ3v) is 2.28. The second kappa shape index (κ2) is 6.75. The predicted octanol–water partition coefficient (Wildman–Crippen LogP) is 0.721. The lowest BCUT2D eigenvalue weighted by molar-refractivity contribution is -0.137. The molecule has 1 aromatic heterocycles. The Bertz CT molecular complexity index is 416. The van der Waals surface area contributed by atoms with E-state index in [0.717, 1.165) is 6.42 Å². The summed E-state index contributed by atoms with van der Waals surface area (Å²) in [4.78, 5) is 21.9. The van der Waals surface area contributed by atoms with E-state index in [1.54, 1.807) is 0 Å². The molecule has 1 heterocycles. The van der Waals surface area contributed by atoms with Crippen LogP contribution >= 0.6 is 0 Å². The average Bonchev–Trinajstić information content (AvgIpc) is 2.72. The molecule has 1 unspecified atom stereocenters. The molecule has 0 spiro atoms. The second-order valence-corrected chi connectivity index (χ2v) is 3.87. The van der Waals surface area contributed by atoms with Crippen LogP contribution in [0, 0.1) is 0 Å². The number of aromatic nitrogens is 2. The number of carboxylic acid groups (broad SMARTS) is 1. The molecule has 0 aliphatic carbocycles. The van der Waals surface area contributed by atoms with Gasteiger partial charge in [0, 0.05) is 12.3 Å². The molecule has 1 atom stereocenters. The molecule has 0 bridgehead atoms. The predicted molar refractivity (Wildman–Crippen MR) is 64.2 cm³/mol. The van der Waals surface area contributed by atoms with E-state index in [1.807, 2.05) is 13.8 Å². The van der Waals surface area contributed by atoms with Gasteiger partial charge in [0.05, 0.1) is 6.10 Å². The average molecular weight is 255 g/mol. The topological polar surface area (TPSA) is 93.5 Å². The molecule has 1 rings (SSSR count). The normalized spacial score (nSPS) is 12.1. The number of hydrogen-bond acceptors (Lipinski definition) is 4. The highest BCUT2D eigenvalue weighted by atomic mass is 16.5. The fraction of sp³-hybridized carbons (Fsp3) is 0.545. The number of ether oxygens (including phenoxy) is 1. The highest BCUT2D eigenvalue weighted by molar-refractivity contribution is 5.90. The van der Waals surface area contributed by atoms with Gasteiger partial charge in [0.1, 0.15) is 13.2 Å². The van der Waals surface area contributed by atoms with Crippen LogP contribution in [0.5, 0.6) is 0 Å². The number of aliphatic carboxylic acids is 1. The lowest BCUT2D eigenvalue weighted by Gasteiger charge is -2.09. The van der Waals surface area contributed by atoms with Gasteiger partial charge in [-0.05, 0) is 13.3 Å². The summed E-state index contributed by atoms with van der Waals surface area (Å²) >= 11 is 0. The number of carboxylic acids is 1. The van der Waals surface area contributed by atoms with Gasteiger partial charge in [0.25, 0.3) is 5.91 Å². The van der Waals surface area contributed by atoms with Gasteiger partial charge in [-0.25, -0.2) is 0 Å². The number of nitrogens with one attached hydrogen (secondary N) is 1. The zero-order valence-electron chi connectivity index (χ0n) is 10.4. The van der Waals surface area contributed by atoms with Crippen LogP contribution in [0.2, 0.25) is 0 Å². The second-order valence-electron chi connectivity index (χ2n) is 3.87. The lowest BCUT2D eigenvalue weighted by atomic mass is 10.3. The number of amides is 1. The van der Waals surface area contributed by atoms with Crippen molar-refractivity contribution >= 4 is 17.7 Å². The molecule has 0 radical (unpaired) electrons. The molecule has 0 aromatic carbocycles. The van der Waals surface area contributed by atoms with E-state index in [0.29, 0.717) is 5.82 Å². The van der Waals surface area contributed by atoms with Crippen molar-refractivity contribution < 1.29 is 19.4 Å². The largest absolute Gasteiger partial charge is 0.480 e. The highest BCUT2D eigenvalue weighted by Gasteiger charge is 2.08. The Morgan fingerprint density at radius 3 is 2.94 bits per heavy atom. The summed E-state index contributed by atoms with van der Waals surface area (Å²) in [6.45, 7) is 3.57. The van der Waals surface area contributed by atoms with Gasteiger partial charge >= 0.3 is 5.97 Å². The van der Waals surface area contributed by atoms with Crippen LogP contribution in [0.3, 0.4) is 0 Å². The minimum atomic E-state index is -0.990. The molecular weight excluding hydrogens is 238 g/mol. The summed E-state index contributed by atoms with van der Waals surface area (Å²) in [6.07, 6.45) is 2.35. The smallest absolute Gasteiger partial charge is 0.325 e. The van der Waals surface area contributed by atoms with Crippen molar-refractivity contribution in [2.75, 3.05) is 11.9 Å². The maximum Gasteiger partial charge on any atom is 0.325 e. The number of nitrogens with zero attached hydrogens (tertiary/aromatic N) is 2. The van der Waals surface area contributed by atoms with Crippen LogP contribution in [-0.2, 0) is 20.9 Å². The van der Waals surface area contributed by atoms with Crippen molar-refractivity contribution in [3.8, 4) is 0 Å². The highest BCUT2D eigenvalue weighted by Crippen LogP contribution is 2.03. The minimum Gasteiger partial charge on any atom is -0.480 e. The molecule has 2 N–H and O–H groups in total. The Hall–Kier alpha value is -1.89. The molecule has 0 aliphatic rings. The van der Waals surface area contributed by atoms with Crippen molar-refractivity contribution in [3.63, 3.8) is 0 Å². The molecular formula is C11H17N3O4. The van der Waals surface area contributed by atoms with Crippen molar-refractivity contribution in [3.05, 3.63) is 12.3 Å². The molecule has 7 heteroatoms. The first-order valence-electron chi connectivity index (χ1n) is 5.68. The van der Waals surface area contributed by atoms with E-state index in [9.17, 15) is 9.59 Å². The fourth-order valence-corrected chi connectivity index (χ4v) is 1.17. The van der Waals surface area contributed by atoms with Crippen molar-refractivity contribution in [2.45, 2.75) is 32.9 Å². The monoisotopic (exact) mass is 255 g/mol. The molecule has 18 heavy (non-hydrogen) atoms. The molecule has 1 amide bonds. The zero-order valence-corrected chi connectivity index (χ0v) is 10.4. The fourth-order valence-electron chi connectivity index (χ4n) is 1.17. The SMILES string of the molecule is CCC(C)OCC(=O)Nc1ccn(CC(=O)O)n1. The Morgan fingerprint density at radius 1 is 1.61 bits per heavy atom. The van der Waals surface area contributed by atoms with E-state index in [-0.39, 0.29) is 25.2 Å². The third kappa shape index (κ3) is 4.96. The Morgan fingerprint density at radius 2 is 2.33 bits per heavy atom. The summed E-state index contributed by atoms with van der Waals surface area (Å²) in [6, 6.07) is 1.53. The van der Waals surface area contributed by atoms with Gasteiger partial charge in [0.2, 0.25) is 0 Å². The van der Waals surface area contributed by atoms with Gasteiger partial charge < -0.3 is 15.2 Å². The lowest BCUT2D eigenvalue weighted by Crippen LogP contribution is -2.22. The molecule has 0 aliphatic heterocycles. The van der Waals surface area contributed by atoms with Gasteiger partial charge in [-0.1, -0.05) is 6.92 Å². The Balaban J connectivity index is 2.40. The first-order valence-corrected chi connectivity index (χ1v) is 5.68. The third-order valence-electron chi connectivity index (χ3n) is 2.28. The van der Waals surface area contributed by atoms with Crippen LogP contribution in [0.25, 0.3) is 0 Å². The molecule has 0 saturated carbocycles. The number of anilines is 1. The first-order chi connectivity index (χ1) is 8.51. The number of hydrogen-bond donors (Lipinski definition) is 2. The van der Waals surface area contributed by atoms with Crippen LogP contribution < -0.4 is 5.32 Å². The van der Waals surface area contributed by atoms with E-state index in [2.05, 4.69) is 10.4 Å². The molecule has 0 saturated heterocycles. The number of carbonyl (C=O) groups excluding carboxylic acids is 1. The number of rotatable bonds is 7. The van der Waals surface area contributed by atoms with Gasteiger partial charge in [-0.2, -0.15) is 5.10 Å². The Kier molecular flexibility index (Phi) is 5.31. The maximum atomic E-state index is 11.5. The van der Waals surface area contributed by atoms with Gasteiger partial charge in [0.15, 0.2) is 5.82 Å². The minimum absolute atomic E-state index is 0.0281. The summed E-state index contributed by atoms with van der Waals surface area (Å²) in [5.74, 6) is -0.985.